The number of alkyl halides is 3. The summed E-state index contributed by atoms with van der Waals surface area (Å²) in [6, 6.07) is 5.27. The largest absolute Gasteiger partial charge is 0.507 e. The molecule has 0 aliphatic heterocycles. The first-order chi connectivity index (χ1) is 6.96. The zero-order valence-electron chi connectivity index (χ0n) is 7.75. The van der Waals surface area contributed by atoms with Gasteiger partial charge in [0.05, 0.1) is 5.57 Å². The maximum atomic E-state index is 12.5. The lowest BCUT2D eigenvalue weighted by Crippen LogP contribution is -2.12. The van der Waals surface area contributed by atoms with Crippen LogP contribution in [0.3, 0.4) is 0 Å². The van der Waals surface area contributed by atoms with E-state index in [2.05, 4.69) is 0 Å². The minimum atomic E-state index is -4.52. The van der Waals surface area contributed by atoms with Gasteiger partial charge in [-0.2, -0.15) is 13.2 Å². The summed E-state index contributed by atoms with van der Waals surface area (Å²) in [5.41, 5.74) is 3.89. The summed E-state index contributed by atoms with van der Waals surface area (Å²) < 4.78 is 37.6. The van der Waals surface area contributed by atoms with Gasteiger partial charge in [0, 0.05) is 12.1 Å². The maximum absolute atomic E-state index is 12.5. The first-order valence-corrected chi connectivity index (χ1v) is 4.22. The molecule has 0 aromatic heterocycles. The Balaban J connectivity index is 3.24. The summed E-state index contributed by atoms with van der Waals surface area (Å²) in [6.45, 7) is -0.233. The zero-order valence-corrected chi connectivity index (χ0v) is 7.75. The minimum Gasteiger partial charge on any atom is -0.507 e. The monoisotopic (exact) mass is 217 g/mol. The predicted octanol–water partition coefficient (Wildman–Crippen LogP) is 2.30. The van der Waals surface area contributed by atoms with Gasteiger partial charge < -0.3 is 10.8 Å². The molecule has 15 heavy (non-hydrogen) atoms. The second-order valence-electron chi connectivity index (χ2n) is 2.87. The van der Waals surface area contributed by atoms with E-state index < -0.39 is 17.5 Å². The molecule has 0 fully saturated rings. The molecule has 2 nitrogen and oxygen atoms in total. The fraction of sp³-hybridized carbons (Fsp3) is 0.200. The lowest BCUT2D eigenvalue weighted by molar-refractivity contribution is -0.0691. The number of para-hydroxylation sites is 1. The van der Waals surface area contributed by atoms with Crippen LogP contribution in [-0.4, -0.2) is 17.8 Å². The van der Waals surface area contributed by atoms with Crippen LogP contribution in [0.4, 0.5) is 13.2 Å². The molecular weight excluding hydrogens is 207 g/mol. The van der Waals surface area contributed by atoms with Crippen molar-refractivity contribution in [3.63, 3.8) is 0 Å². The third kappa shape index (κ3) is 2.73. The van der Waals surface area contributed by atoms with Crippen molar-refractivity contribution in [2.45, 2.75) is 6.18 Å². The van der Waals surface area contributed by atoms with Gasteiger partial charge in [-0.05, 0) is 6.07 Å². The molecule has 0 heterocycles. The highest BCUT2D eigenvalue weighted by Crippen LogP contribution is 2.37. The number of aromatic hydroxyl groups is 1. The number of benzene rings is 1. The van der Waals surface area contributed by atoms with Crippen LogP contribution in [0.2, 0.25) is 0 Å². The van der Waals surface area contributed by atoms with Crippen molar-refractivity contribution in [2.24, 2.45) is 5.73 Å². The van der Waals surface area contributed by atoms with Crippen molar-refractivity contribution >= 4 is 5.57 Å². The molecule has 1 rings (SSSR count). The molecule has 1 aromatic carbocycles. The number of halogens is 3. The van der Waals surface area contributed by atoms with Gasteiger partial charge in [-0.25, -0.2) is 0 Å². The van der Waals surface area contributed by atoms with Gasteiger partial charge in [-0.3, -0.25) is 0 Å². The molecule has 1 aromatic rings. The van der Waals surface area contributed by atoms with E-state index in [1.54, 1.807) is 0 Å². The number of allylic oxidation sites excluding steroid dienone is 1. The molecule has 0 bridgehead atoms. The van der Waals surface area contributed by atoms with Gasteiger partial charge in [-0.15, -0.1) is 0 Å². The molecule has 0 atom stereocenters. The van der Waals surface area contributed by atoms with Gasteiger partial charge in [0.1, 0.15) is 5.75 Å². The first-order valence-electron chi connectivity index (χ1n) is 4.22. The van der Waals surface area contributed by atoms with Crippen molar-refractivity contribution in [3.05, 3.63) is 35.9 Å². The van der Waals surface area contributed by atoms with Crippen molar-refractivity contribution in [3.8, 4) is 5.75 Å². The highest BCUT2D eigenvalue weighted by atomic mass is 19.4. The number of hydrogen-bond donors (Lipinski definition) is 2. The highest BCUT2D eigenvalue weighted by molar-refractivity contribution is 5.73. The van der Waals surface area contributed by atoms with E-state index in [0.29, 0.717) is 0 Å². The van der Waals surface area contributed by atoms with E-state index in [1.807, 2.05) is 0 Å². The SMILES string of the molecule is NC/C=C(\c1ccccc1O)C(F)(F)F. The van der Waals surface area contributed by atoms with E-state index in [4.69, 9.17) is 5.73 Å². The van der Waals surface area contributed by atoms with Crippen LogP contribution in [0, 0.1) is 0 Å². The van der Waals surface area contributed by atoms with Crippen molar-refractivity contribution in [1.29, 1.82) is 0 Å². The van der Waals surface area contributed by atoms with Crippen LogP contribution in [0.1, 0.15) is 5.56 Å². The number of nitrogens with two attached hydrogens (primary N) is 1. The predicted molar refractivity (Wildman–Crippen MR) is 51.2 cm³/mol. The average Bonchev–Trinajstić information content (AvgIpc) is 2.14. The van der Waals surface area contributed by atoms with E-state index >= 15 is 0 Å². The standard InChI is InChI=1S/C10H10F3NO/c11-10(12,13)8(5-6-14)7-3-1-2-4-9(7)15/h1-5,15H,6,14H2/b8-5+. The molecule has 0 aliphatic rings. The molecular formula is C10H10F3NO. The fourth-order valence-electron chi connectivity index (χ4n) is 1.20. The minimum absolute atomic E-state index is 0.233. The molecule has 0 radical (unpaired) electrons. The van der Waals surface area contributed by atoms with E-state index in [0.717, 1.165) is 6.08 Å². The summed E-state index contributed by atoms with van der Waals surface area (Å²) in [6.07, 6.45) is -3.67. The first kappa shape index (κ1) is 11.6. The highest BCUT2D eigenvalue weighted by Gasteiger charge is 2.35. The second kappa shape index (κ2) is 4.35. The molecule has 0 saturated heterocycles. The van der Waals surface area contributed by atoms with Crippen LogP contribution in [0.5, 0.6) is 5.75 Å². The summed E-state index contributed by atoms with van der Waals surface area (Å²) in [5.74, 6) is -0.408. The molecule has 5 heteroatoms. The maximum Gasteiger partial charge on any atom is 0.416 e. The van der Waals surface area contributed by atoms with Gasteiger partial charge in [0.2, 0.25) is 0 Å². The Bertz CT molecular complexity index is 371. The number of rotatable bonds is 2. The molecule has 82 valence electrons. The Kier molecular flexibility index (Phi) is 3.36. The summed E-state index contributed by atoms with van der Waals surface area (Å²) >= 11 is 0. The van der Waals surface area contributed by atoms with Gasteiger partial charge in [0.25, 0.3) is 0 Å². The Hall–Kier alpha value is -1.49. The number of hydrogen-bond acceptors (Lipinski definition) is 2. The third-order valence-electron chi connectivity index (χ3n) is 1.82. The summed E-state index contributed by atoms with van der Waals surface area (Å²) in [4.78, 5) is 0. The quantitative estimate of drug-likeness (QED) is 0.798. The molecule has 0 aliphatic carbocycles. The molecule has 0 saturated carbocycles. The van der Waals surface area contributed by atoms with Crippen LogP contribution in [0.25, 0.3) is 5.57 Å². The Labute approximate surface area is 84.8 Å². The molecule has 0 unspecified atom stereocenters. The Morgan fingerprint density at radius 3 is 2.40 bits per heavy atom. The van der Waals surface area contributed by atoms with Gasteiger partial charge in [0.15, 0.2) is 0 Å². The zero-order chi connectivity index (χ0) is 11.5. The van der Waals surface area contributed by atoms with E-state index in [9.17, 15) is 18.3 Å². The van der Waals surface area contributed by atoms with E-state index in [-0.39, 0.29) is 12.1 Å². The summed E-state index contributed by atoms with van der Waals surface area (Å²) in [7, 11) is 0. The lowest BCUT2D eigenvalue weighted by atomic mass is 10.0. The van der Waals surface area contributed by atoms with Crippen LogP contribution in [-0.2, 0) is 0 Å². The van der Waals surface area contributed by atoms with Crippen molar-refractivity contribution < 1.29 is 18.3 Å². The summed E-state index contributed by atoms with van der Waals surface area (Å²) in [5, 5.41) is 9.29. The van der Waals surface area contributed by atoms with Crippen molar-refractivity contribution in [2.75, 3.05) is 6.54 Å². The third-order valence-corrected chi connectivity index (χ3v) is 1.82. The molecule has 3 N–H and O–H groups in total. The number of phenols is 1. The molecule has 0 spiro atoms. The normalized spacial score (nSPS) is 12.9. The van der Waals surface area contributed by atoms with Crippen LogP contribution >= 0.6 is 0 Å². The van der Waals surface area contributed by atoms with Gasteiger partial charge >= 0.3 is 6.18 Å². The number of phenolic OH excluding ortho intramolecular Hbond substituents is 1. The molecule has 0 amide bonds. The van der Waals surface area contributed by atoms with Crippen LogP contribution < -0.4 is 5.73 Å². The fourth-order valence-corrected chi connectivity index (χ4v) is 1.20. The van der Waals surface area contributed by atoms with Crippen molar-refractivity contribution in [1.82, 2.24) is 0 Å². The smallest absolute Gasteiger partial charge is 0.416 e. The van der Waals surface area contributed by atoms with Crippen LogP contribution in [0.15, 0.2) is 30.3 Å². The van der Waals surface area contributed by atoms with Gasteiger partial charge in [-0.1, -0.05) is 24.3 Å². The van der Waals surface area contributed by atoms with E-state index in [1.165, 1.54) is 24.3 Å². The topological polar surface area (TPSA) is 46.2 Å². The lowest BCUT2D eigenvalue weighted by Gasteiger charge is -2.12. The Morgan fingerprint density at radius 2 is 1.93 bits per heavy atom. The Morgan fingerprint density at radius 1 is 1.33 bits per heavy atom. The second-order valence-corrected chi connectivity index (χ2v) is 2.87. The average molecular weight is 217 g/mol.